The topological polar surface area (TPSA) is 55.8 Å². The maximum Gasteiger partial charge on any atom is 0.331 e. The molecule has 0 bridgehead atoms. The molecule has 0 saturated heterocycles. The molecule has 0 rings (SSSR count). The zero-order chi connectivity index (χ0) is 8.69. The second-order valence-electron chi connectivity index (χ2n) is 1.97. The normalized spacial score (nSPS) is 11.6. The van der Waals surface area contributed by atoms with Gasteiger partial charge in [-0.3, -0.25) is 0 Å². The summed E-state index contributed by atoms with van der Waals surface area (Å²) < 4.78 is 9.43. The van der Waals surface area contributed by atoms with Crippen LogP contribution >= 0.6 is 0 Å². The maximum absolute atomic E-state index is 10.2. The summed E-state index contributed by atoms with van der Waals surface area (Å²) in [5.74, 6) is -0.925. The second-order valence-corrected chi connectivity index (χ2v) is 1.97. The van der Waals surface area contributed by atoms with Crippen molar-refractivity contribution in [3.8, 4) is 0 Å². The van der Waals surface area contributed by atoms with Crippen molar-refractivity contribution >= 4 is 5.97 Å². The molecule has 0 aliphatic heterocycles. The minimum atomic E-state index is -0.925. The van der Waals surface area contributed by atoms with Crippen molar-refractivity contribution in [2.75, 3.05) is 20.5 Å². The molecule has 0 fully saturated rings. The highest BCUT2D eigenvalue weighted by Crippen LogP contribution is 1.91. The minimum absolute atomic E-state index is 0.184. The van der Waals surface area contributed by atoms with Crippen molar-refractivity contribution in [2.45, 2.75) is 6.92 Å². The summed E-state index contributed by atoms with van der Waals surface area (Å²) in [6.07, 6.45) is 1.49. The molecule has 0 heterocycles. The van der Waals surface area contributed by atoms with Crippen LogP contribution in [0, 0.1) is 0 Å². The van der Waals surface area contributed by atoms with Gasteiger partial charge in [-0.2, -0.15) is 0 Å². The highest BCUT2D eigenvalue weighted by atomic mass is 16.7. The number of carboxylic acids is 1. The summed E-state index contributed by atoms with van der Waals surface area (Å²) in [4.78, 5) is 10.2. The van der Waals surface area contributed by atoms with Gasteiger partial charge in [0, 0.05) is 12.7 Å². The van der Waals surface area contributed by atoms with Crippen LogP contribution in [0.4, 0.5) is 0 Å². The van der Waals surface area contributed by atoms with Gasteiger partial charge in [0.1, 0.15) is 6.79 Å². The number of aliphatic carboxylic acids is 1. The van der Waals surface area contributed by atoms with E-state index >= 15 is 0 Å². The molecule has 64 valence electrons. The van der Waals surface area contributed by atoms with Crippen LogP contribution < -0.4 is 0 Å². The first-order valence-corrected chi connectivity index (χ1v) is 3.15. The molecule has 0 aromatic rings. The molecule has 4 nitrogen and oxygen atoms in total. The number of ether oxygens (including phenoxy) is 2. The van der Waals surface area contributed by atoms with Gasteiger partial charge in [-0.1, -0.05) is 0 Å². The molecule has 0 amide bonds. The van der Waals surface area contributed by atoms with Gasteiger partial charge in [0.15, 0.2) is 0 Å². The predicted molar refractivity (Wildman–Crippen MR) is 39.2 cm³/mol. The molecule has 0 radical (unpaired) electrons. The number of hydrogen-bond donors (Lipinski definition) is 1. The Bertz CT molecular complexity index is 151. The highest BCUT2D eigenvalue weighted by Gasteiger charge is 1.96. The number of methoxy groups -OCH3 is 1. The average Bonchev–Trinajstić information content (AvgIpc) is 1.97. The van der Waals surface area contributed by atoms with E-state index < -0.39 is 5.97 Å². The summed E-state index contributed by atoms with van der Waals surface area (Å²) in [5.41, 5.74) is 0.279. The SMILES string of the molecule is COCOCC=C(C)C(=O)O. The van der Waals surface area contributed by atoms with Crippen LogP contribution in [0.5, 0.6) is 0 Å². The van der Waals surface area contributed by atoms with Crippen molar-refractivity contribution in [1.82, 2.24) is 0 Å². The van der Waals surface area contributed by atoms with Crippen molar-refractivity contribution in [3.05, 3.63) is 11.6 Å². The van der Waals surface area contributed by atoms with Crippen LogP contribution in [0.2, 0.25) is 0 Å². The molecule has 11 heavy (non-hydrogen) atoms. The Morgan fingerprint density at radius 1 is 1.64 bits per heavy atom. The van der Waals surface area contributed by atoms with E-state index in [-0.39, 0.29) is 19.0 Å². The smallest absolute Gasteiger partial charge is 0.331 e. The lowest BCUT2D eigenvalue weighted by atomic mass is 10.3. The number of hydrogen-bond acceptors (Lipinski definition) is 3. The molecule has 0 aliphatic carbocycles. The lowest BCUT2D eigenvalue weighted by Crippen LogP contribution is -2.00. The third-order valence-corrected chi connectivity index (χ3v) is 1.05. The summed E-state index contributed by atoms with van der Waals surface area (Å²) in [6.45, 7) is 1.97. The number of carbonyl (C=O) groups is 1. The van der Waals surface area contributed by atoms with Crippen molar-refractivity contribution in [3.63, 3.8) is 0 Å². The van der Waals surface area contributed by atoms with Crippen molar-refractivity contribution < 1.29 is 19.4 Å². The molecule has 0 atom stereocenters. The van der Waals surface area contributed by atoms with Gasteiger partial charge in [0.05, 0.1) is 6.61 Å². The van der Waals surface area contributed by atoms with E-state index in [9.17, 15) is 4.79 Å². The maximum atomic E-state index is 10.2. The van der Waals surface area contributed by atoms with E-state index in [4.69, 9.17) is 9.84 Å². The molecular weight excluding hydrogens is 148 g/mol. The van der Waals surface area contributed by atoms with E-state index in [1.54, 1.807) is 0 Å². The molecule has 4 heteroatoms. The molecule has 0 saturated carbocycles. The van der Waals surface area contributed by atoms with Gasteiger partial charge in [0.2, 0.25) is 0 Å². The van der Waals surface area contributed by atoms with Gasteiger partial charge in [-0.25, -0.2) is 4.79 Å². The monoisotopic (exact) mass is 160 g/mol. The Morgan fingerprint density at radius 3 is 2.73 bits per heavy atom. The lowest BCUT2D eigenvalue weighted by molar-refractivity contribution is -0.132. The first-order chi connectivity index (χ1) is 5.18. The van der Waals surface area contributed by atoms with E-state index in [1.807, 2.05) is 0 Å². The van der Waals surface area contributed by atoms with E-state index in [1.165, 1.54) is 20.1 Å². The standard InChI is InChI=1S/C7H12O4/c1-6(7(8)9)3-4-11-5-10-2/h3H,4-5H2,1-2H3,(H,8,9). The lowest BCUT2D eigenvalue weighted by Gasteiger charge is -1.97. The fourth-order valence-electron chi connectivity index (χ4n) is 0.403. The molecule has 0 aromatic heterocycles. The zero-order valence-electron chi connectivity index (χ0n) is 6.66. The molecule has 0 unspecified atom stereocenters. The molecule has 0 aromatic carbocycles. The quantitative estimate of drug-likeness (QED) is 0.364. The van der Waals surface area contributed by atoms with E-state index in [0.29, 0.717) is 0 Å². The van der Waals surface area contributed by atoms with Gasteiger partial charge >= 0.3 is 5.97 Å². The van der Waals surface area contributed by atoms with Crippen molar-refractivity contribution in [2.24, 2.45) is 0 Å². The van der Waals surface area contributed by atoms with Gasteiger partial charge in [-0.05, 0) is 13.0 Å². The Kier molecular flexibility index (Phi) is 5.42. The largest absolute Gasteiger partial charge is 0.478 e. The van der Waals surface area contributed by atoms with Crippen molar-refractivity contribution in [1.29, 1.82) is 0 Å². The zero-order valence-corrected chi connectivity index (χ0v) is 6.66. The minimum Gasteiger partial charge on any atom is -0.478 e. The van der Waals surface area contributed by atoms with Gasteiger partial charge in [0.25, 0.3) is 0 Å². The first-order valence-electron chi connectivity index (χ1n) is 3.15. The van der Waals surface area contributed by atoms with Crippen LogP contribution in [-0.4, -0.2) is 31.6 Å². The predicted octanol–water partition coefficient (Wildman–Crippen LogP) is 0.638. The fraction of sp³-hybridized carbons (Fsp3) is 0.571. The third-order valence-electron chi connectivity index (χ3n) is 1.05. The number of rotatable bonds is 5. The third kappa shape index (κ3) is 5.57. The van der Waals surface area contributed by atoms with Crippen LogP contribution in [0.1, 0.15) is 6.92 Å². The Labute approximate surface area is 65.4 Å². The van der Waals surface area contributed by atoms with E-state index in [2.05, 4.69) is 4.74 Å². The van der Waals surface area contributed by atoms with Gasteiger partial charge in [-0.15, -0.1) is 0 Å². The Balaban J connectivity index is 3.48. The summed E-state index contributed by atoms with van der Waals surface area (Å²) in [7, 11) is 1.51. The Morgan fingerprint density at radius 2 is 2.27 bits per heavy atom. The summed E-state index contributed by atoms with van der Waals surface area (Å²) in [6, 6.07) is 0. The summed E-state index contributed by atoms with van der Waals surface area (Å²) in [5, 5.41) is 8.38. The van der Waals surface area contributed by atoms with Crippen LogP contribution in [0.15, 0.2) is 11.6 Å². The van der Waals surface area contributed by atoms with E-state index in [0.717, 1.165) is 0 Å². The van der Waals surface area contributed by atoms with Crippen LogP contribution in [-0.2, 0) is 14.3 Å². The van der Waals surface area contributed by atoms with Crippen LogP contribution in [0.25, 0.3) is 0 Å². The van der Waals surface area contributed by atoms with Crippen LogP contribution in [0.3, 0.4) is 0 Å². The molecule has 0 spiro atoms. The summed E-state index contributed by atoms with van der Waals surface area (Å²) >= 11 is 0. The molecular formula is C7H12O4. The Hall–Kier alpha value is -0.870. The number of carboxylic acid groups (broad SMARTS) is 1. The molecule has 0 aliphatic rings. The fourth-order valence-corrected chi connectivity index (χ4v) is 0.403. The molecule has 1 N–H and O–H groups in total. The second kappa shape index (κ2) is 5.88. The average molecular weight is 160 g/mol. The highest BCUT2D eigenvalue weighted by molar-refractivity contribution is 5.85. The van der Waals surface area contributed by atoms with Gasteiger partial charge < -0.3 is 14.6 Å². The first kappa shape index (κ1) is 10.1.